The molecule has 5 rings (SSSR count). The van der Waals surface area contributed by atoms with Crippen molar-refractivity contribution in [2.75, 3.05) is 6.61 Å². The predicted octanol–water partition coefficient (Wildman–Crippen LogP) is 5.34. The number of hydrogen-bond donors (Lipinski definition) is 0. The Labute approximate surface area is 169 Å². The van der Waals surface area contributed by atoms with Crippen LogP contribution in [0.4, 0.5) is 0 Å². The lowest BCUT2D eigenvalue weighted by Crippen LogP contribution is -2.32. The Hall–Kier alpha value is -3.27. The van der Waals surface area contributed by atoms with Gasteiger partial charge in [-0.15, -0.1) is 0 Å². The van der Waals surface area contributed by atoms with Crippen LogP contribution in [0.15, 0.2) is 103 Å². The van der Waals surface area contributed by atoms with Crippen molar-refractivity contribution in [3.05, 3.63) is 120 Å². The highest BCUT2D eigenvalue weighted by Gasteiger charge is 2.48. The fourth-order valence-electron chi connectivity index (χ4n) is 4.00. The first kappa shape index (κ1) is 17.8. The van der Waals surface area contributed by atoms with E-state index in [-0.39, 0.29) is 12.4 Å². The fraction of sp³-hybridized carbons (Fsp3) is 0.115. The van der Waals surface area contributed by atoms with Crippen LogP contribution >= 0.6 is 0 Å². The third-order valence-corrected chi connectivity index (χ3v) is 5.39. The molecule has 4 aromatic carbocycles. The number of carbonyl (C=O) groups excluding carboxylic acids is 1. The molecular weight excluding hydrogens is 360 g/mol. The molecule has 1 aliphatic rings. The van der Waals surface area contributed by atoms with Gasteiger partial charge >= 0.3 is 0 Å². The molecule has 2 atom stereocenters. The molecular formula is C26H20O3. The predicted molar refractivity (Wildman–Crippen MR) is 113 cm³/mol. The molecule has 0 radical (unpaired) electrons. The third-order valence-electron chi connectivity index (χ3n) is 5.39. The number of Topliss-reactive ketones (excluding diaryl/α,β-unsaturated/α-hetero) is 1. The summed E-state index contributed by atoms with van der Waals surface area (Å²) in [5.41, 5.74) is 2.41. The topological polar surface area (TPSA) is 35.5 Å². The van der Waals surface area contributed by atoms with Gasteiger partial charge in [-0.1, -0.05) is 103 Å². The van der Waals surface area contributed by atoms with Crippen LogP contribution in [0.5, 0.6) is 0 Å². The molecule has 3 nitrogen and oxygen atoms in total. The van der Waals surface area contributed by atoms with Crippen LogP contribution in [0.1, 0.15) is 21.5 Å². The number of benzene rings is 4. The van der Waals surface area contributed by atoms with Gasteiger partial charge in [0.25, 0.3) is 0 Å². The minimum atomic E-state index is -1.13. The first-order valence-electron chi connectivity index (χ1n) is 9.73. The molecule has 1 saturated heterocycles. The van der Waals surface area contributed by atoms with Crippen LogP contribution in [0.3, 0.4) is 0 Å². The summed E-state index contributed by atoms with van der Waals surface area (Å²) in [5.74, 6) is -1.19. The van der Waals surface area contributed by atoms with Gasteiger partial charge in [0, 0.05) is 16.7 Å². The van der Waals surface area contributed by atoms with Crippen LogP contribution in [-0.4, -0.2) is 18.5 Å². The maximum absolute atomic E-state index is 13.1. The summed E-state index contributed by atoms with van der Waals surface area (Å²) in [6, 6.07) is 33.3. The smallest absolute Gasteiger partial charge is 0.223 e. The van der Waals surface area contributed by atoms with Gasteiger partial charge in [-0.25, -0.2) is 0 Å². The number of hydrogen-bond acceptors (Lipinski definition) is 3. The molecule has 4 aromatic rings. The Bertz CT molecular complexity index is 1150. The highest BCUT2D eigenvalue weighted by Crippen LogP contribution is 2.43. The van der Waals surface area contributed by atoms with E-state index in [0.717, 1.165) is 21.9 Å². The second kappa shape index (κ2) is 7.28. The van der Waals surface area contributed by atoms with E-state index in [1.165, 1.54) is 0 Å². The summed E-state index contributed by atoms with van der Waals surface area (Å²) in [6.45, 7) is 0.200. The Morgan fingerprint density at radius 2 is 1.41 bits per heavy atom. The van der Waals surface area contributed by atoms with Crippen molar-refractivity contribution in [2.45, 2.75) is 11.9 Å². The molecule has 0 saturated carbocycles. The monoisotopic (exact) mass is 380 g/mol. The molecule has 1 heterocycles. The molecule has 1 aliphatic heterocycles. The van der Waals surface area contributed by atoms with Crippen molar-refractivity contribution in [3.8, 4) is 0 Å². The fourth-order valence-corrected chi connectivity index (χ4v) is 4.00. The molecule has 1 fully saturated rings. The normalized spacial score (nSPS) is 21.3. The summed E-state index contributed by atoms with van der Waals surface area (Å²) in [4.78, 5) is 13.1. The van der Waals surface area contributed by atoms with Gasteiger partial charge in [0.15, 0.2) is 5.78 Å². The molecule has 29 heavy (non-hydrogen) atoms. The lowest BCUT2D eigenvalue weighted by molar-refractivity contribution is -0.136. The number of carbonyl (C=O) groups is 1. The maximum atomic E-state index is 13.1. The zero-order chi connectivity index (χ0) is 19.7. The van der Waals surface area contributed by atoms with Gasteiger partial charge in [-0.2, -0.15) is 0 Å². The quantitative estimate of drug-likeness (QED) is 0.448. The third kappa shape index (κ3) is 3.05. The molecule has 0 N–H and O–H groups in total. The molecule has 142 valence electrons. The minimum Gasteiger partial charge on any atom is -0.339 e. The Morgan fingerprint density at radius 3 is 2.21 bits per heavy atom. The molecule has 0 spiro atoms. The van der Waals surface area contributed by atoms with Crippen molar-refractivity contribution in [1.29, 1.82) is 0 Å². The first-order valence-corrected chi connectivity index (χ1v) is 9.73. The average molecular weight is 380 g/mol. The number of ketones is 1. The van der Waals surface area contributed by atoms with E-state index >= 15 is 0 Å². The molecule has 3 heteroatoms. The van der Waals surface area contributed by atoms with E-state index in [0.29, 0.717) is 5.56 Å². The number of ether oxygens (including phenoxy) is 2. The van der Waals surface area contributed by atoms with Crippen LogP contribution in [0.2, 0.25) is 0 Å². The van der Waals surface area contributed by atoms with Gasteiger partial charge in [-0.05, 0) is 10.8 Å². The van der Waals surface area contributed by atoms with E-state index < -0.39 is 11.9 Å². The molecule has 0 aromatic heterocycles. The Balaban J connectivity index is 1.63. The van der Waals surface area contributed by atoms with E-state index in [1.54, 1.807) is 0 Å². The summed E-state index contributed by atoms with van der Waals surface area (Å²) in [5, 5.41) is 2.15. The molecule has 0 amide bonds. The second-order valence-electron chi connectivity index (χ2n) is 7.16. The van der Waals surface area contributed by atoms with E-state index in [1.807, 2.05) is 84.9 Å². The Kier molecular flexibility index (Phi) is 4.47. The van der Waals surface area contributed by atoms with Crippen LogP contribution in [0, 0.1) is 0 Å². The van der Waals surface area contributed by atoms with Gasteiger partial charge in [0.2, 0.25) is 5.79 Å². The van der Waals surface area contributed by atoms with Gasteiger partial charge in [-0.3, -0.25) is 4.79 Å². The molecule has 0 bridgehead atoms. The van der Waals surface area contributed by atoms with E-state index in [4.69, 9.17) is 9.47 Å². The highest BCUT2D eigenvalue weighted by molar-refractivity contribution is 5.99. The van der Waals surface area contributed by atoms with Crippen LogP contribution < -0.4 is 0 Å². The van der Waals surface area contributed by atoms with Crippen molar-refractivity contribution >= 4 is 16.6 Å². The van der Waals surface area contributed by atoms with Gasteiger partial charge < -0.3 is 9.47 Å². The summed E-state index contributed by atoms with van der Waals surface area (Å²) < 4.78 is 12.8. The van der Waals surface area contributed by atoms with Crippen molar-refractivity contribution in [2.24, 2.45) is 0 Å². The van der Waals surface area contributed by atoms with Gasteiger partial charge in [0.1, 0.15) is 6.10 Å². The lowest BCUT2D eigenvalue weighted by Gasteiger charge is -2.30. The Morgan fingerprint density at radius 1 is 0.759 bits per heavy atom. The SMILES string of the molecule is O=C(c1ccccc1)C1COC(c2ccccc2)(c2cccc3ccccc23)O1. The highest BCUT2D eigenvalue weighted by atomic mass is 16.7. The lowest BCUT2D eigenvalue weighted by atomic mass is 9.92. The standard InChI is InChI=1S/C26H20O3/c27-25(20-11-3-1-4-12-20)24-18-28-26(29-24,21-14-5-2-6-15-21)23-17-9-13-19-10-7-8-16-22(19)23/h1-17,24H,18H2. The number of rotatable bonds is 4. The van der Waals surface area contributed by atoms with E-state index in [9.17, 15) is 4.79 Å². The van der Waals surface area contributed by atoms with Gasteiger partial charge in [0.05, 0.1) is 6.61 Å². The summed E-state index contributed by atoms with van der Waals surface area (Å²) in [7, 11) is 0. The average Bonchev–Trinajstić information content (AvgIpc) is 3.26. The molecule has 0 aliphatic carbocycles. The largest absolute Gasteiger partial charge is 0.339 e. The number of fused-ring (bicyclic) bond motifs is 1. The zero-order valence-electron chi connectivity index (χ0n) is 15.8. The van der Waals surface area contributed by atoms with Crippen LogP contribution in [0.25, 0.3) is 10.8 Å². The molecule has 2 unspecified atom stereocenters. The van der Waals surface area contributed by atoms with Crippen molar-refractivity contribution in [1.82, 2.24) is 0 Å². The van der Waals surface area contributed by atoms with E-state index in [2.05, 4.69) is 18.2 Å². The van der Waals surface area contributed by atoms with Crippen molar-refractivity contribution in [3.63, 3.8) is 0 Å². The summed E-state index contributed by atoms with van der Waals surface area (Å²) in [6.07, 6.45) is -0.670. The van der Waals surface area contributed by atoms with Crippen molar-refractivity contribution < 1.29 is 14.3 Å². The minimum absolute atomic E-state index is 0.0661. The second-order valence-corrected chi connectivity index (χ2v) is 7.16. The van der Waals surface area contributed by atoms with Crippen LogP contribution in [-0.2, 0) is 15.3 Å². The first-order chi connectivity index (χ1) is 14.3. The zero-order valence-corrected chi connectivity index (χ0v) is 15.8. The maximum Gasteiger partial charge on any atom is 0.223 e. The summed E-state index contributed by atoms with van der Waals surface area (Å²) >= 11 is 0.